The van der Waals surface area contributed by atoms with Crippen molar-refractivity contribution in [1.29, 1.82) is 0 Å². The van der Waals surface area contributed by atoms with Crippen LogP contribution >= 0.6 is 0 Å². The second kappa shape index (κ2) is 4.36. The molecule has 0 atom stereocenters. The first-order valence-electron chi connectivity index (χ1n) is 5.25. The number of hydrogen-bond donors (Lipinski definition) is 3. The van der Waals surface area contributed by atoms with Crippen molar-refractivity contribution < 1.29 is 4.79 Å². The van der Waals surface area contributed by atoms with E-state index in [1.54, 1.807) is 6.92 Å². The van der Waals surface area contributed by atoms with Gasteiger partial charge in [-0.05, 0) is 20.8 Å². The van der Waals surface area contributed by atoms with Gasteiger partial charge in [0, 0.05) is 11.3 Å². The van der Waals surface area contributed by atoms with Gasteiger partial charge in [0.2, 0.25) is 11.9 Å². The predicted molar refractivity (Wildman–Crippen MR) is 61.5 cm³/mol. The van der Waals surface area contributed by atoms with Crippen LogP contribution in [0.5, 0.6) is 0 Å². The molecule has 3 N–H and O–H groups in total. The minimum absolute atomic E-state index is 0.156. The Morgan fingerprint density at radius 1 is 1.24 bits per heavy atom. The molecule has 0 fully saturated rings. The zero-order valence-corrected chi connectivity index (χ0v) is 9.96. The number of nitrogens with one attached hydrogen (secondary N) is 3. The van der Waals surface area contributed by atoms with E-state index in [4.69, 9.17) is 0 Å². The molecule has 2 rings (SSSR count). The third kappa shape index (κ3) is 2.49. The first kappa shape index (κ1) is 11.3. The minimum Gasteiger partial charge on any atom is -0.293 e. The molecule has 0 saturated carbocycles. The van der Waals surface area contributed by atoms with Gasteiger partial charge in [-0.25, -0.2) is 0 Å². The van der Waals surface area contributed by atoms with Gasteiger partial charge >= 0.3 is 0 Å². The van der Waals surface area contributed by atoms with E-state index in [9.17, 15) is 4.79 Å². The molecule has 0 aliphatic carbocycles. The van der Waals surface area contributed by atoms with Crippen LogP contribution in [0.4, 0.5) is 5.95 Å². The standard InChI is InChI=1S/C10H14N6O/c1-5-8(6(2)14-13-5)4-9(17)12-10-11-7(3)15-16-10/h4H2,1-3H3,(H,13,14)(H2,11,12,15,16,17). The average molecular weight is 234 g/mol. The van der Waals surface area contributed by atoms with Crippen LogP contribution in [0.15, 0.2) is 0 Å². The van der Waals surface area contributed by atoms with E-state index >= 15 is 0 Å². The van der Waals surface area contributed by atoms with E-state index in [-0.39, 0.29) is 12.3 Å². The fourth-order valence-electron chi connectivity index (χ4n) is 1.56. The van der Waals surface area contributed by atoms with Crippen LogP contribution in [0.3, 0.4) is 0 Å². The lowest BCUT2D eigenvalue weighted by Gasteiger charge is -2.01. The molecule has 0 spiro atoms. The Balaban J connectivity index is 2.03. The quantitative estimate of drug-likeness (QED) is 0.725. The average Bonchev–Trinajstić information content (AvgIpc) is 2.79. The van der Waals surface area contributed by atoms with E-state index in [1.165, 1.54) is 0 Å². The van der Waals surface area contributed by atoms with Crippen molar-refractivity contribution in [2.24, 2.45) is 0 Å². The number of aromatic amines is 2. The Hall–Kier alpha value is -2.18. The van der Waals surface area contributed by atoms with Crippen LogP contribution in [-0.2, 0) is 11.2 Å². The molecule has 0 aliphatic rings. The van der Waals surface area contributed by atoms with Crippen LogP contribution in [0.1, 0.15) is 22.8 Å². The predicted octanol–water partition coefficient (Wildman–Crippen LogP) is 0.634. The summed E-state index contributed by atoms with van der Waals surface area (Å²) in [5, 5.41) is 16.0. The molecule has 7 nitrogen and oxygen atoms in total. The summed E-state index contributed by atoms with van der Waals surface area (Å²) < 4.78 is 0. The lowest BCUT2D eigenvalue weighted by Crippen LogP contribution is -2.16. The first-order valence-corrected chi connectivity index (χ1v) is 5.25. The topological polar surface area (TPSA) is 99.3 Å². The van der Waals surface area contributed by atoms with Crippen LogP contribution in [0, 0.1) is 20.8 Å². The van der Waals surface area contributed by atoms with Gasteiger partial charge in [0.05, 0.1) is 12.1 Å². The minimum atomic E-state index is -0.156. The van der Waals surface area contributed by atoms with Crippen molar-refractivity contribution in [2.45, 2.75) is 27.2 Å². The maximum Gasteiger partial charge on any atom is 0.248 e. The molecule has 2 aromatic rings. The smallest absolute Gasteiger partial charge is 0.248 e. The summed E-state index contributed by atoms with van der Waals surface area (Å²) in [6.45, 7) is 5.52. The van der Waals surface area contributed by atoms with Crippen molar-refractivity contribution >= 4 is 11.9 Å². The van der Waals surface area contributed by atoms with E-state index < -0.39 is 0 Å². The molecule has 0 bridgehead atoms. The second-order valence-electron chi connectivity index (χ2n) is 3.88. The molecule has 0 aromatic carbocycles. The molecular formula is C10H14N6O. The Labute approximate surface area is 98.0 Å². The number of carbonyl (C=O) groups excluding carboxylic acids is 1. The summed E-state index contributed by atoms with van der Waals surface area (Å²) in [5.41, 5.74) is 2.65. The highest BCUT2D eigenvalue weighted by atomic mass is 16.1. The highest BCUT2D eigenvalue weighted by Crippen LogP contribution is 2.10. The maximum atomic E-state index is 11.7. The molecular weight excluding hydrogens is 220 g/mol. The molecule has 0 unspecified atom stereocenters. The first-order chi connectivity index (χ1) is 8.06. The number of carbonyl (C=O) groups is 1. The summed E-state index contributed by atoms with van der Waals surface area (Å²) >= 11 is 0. The second-order valence-corrected chi connectivity index (χ2v) is 3.88. The number of nitrogens with zero attached hydrogens (tertiary/aromatic N) is 3. The molecule has 1 amide bonds. The van der Waals surface area contributed by atoms with Crippen molar-refractivity contribution in [3.05, 3.63) is 22.8 Å². The number of amides is 1. The maximum absolute atomic E-state index is 11.7. The third-order valence-electron chi connectivity index (χ3n) is 2.47. The summed E-state index contributed by atoms with van der Waals surface area (Å²) in [6, 6.07) is 0. The molecule has 90 valence electrons. The molecule has 0 saturated heterocycles. The van der Waals surface area contributed by atoms with Gasteiger partial charge in [0.15, 0.2) is 0 Å². The van der Waals surface area contributed by atoms with E-state index in [0.717, 1.165) is 17.0 Å². The fourth-order valence-corrected chi connectivity index (χ4v) is 1.56. The van der Waals surface area contributed by atoms with Crippen molar-refractivity contribution in [3.8, 4) is 0 Å². The van der Waals surface area contributed by atoms with Crippen LogP contribution in [-0.4, -0.2) is 31.3 Å². The zero-order chi connectivity index (χ0) is 12.4. The van der Waals surface area contributed by atoms with Gasteiger partial charge in [-0.1, -0.05) is 0 Å². The highest BCUT2D eigenvalue weighted by molar-refractivity contribution is 5.90. The van der Waals surface area contributed by atoms with Crippen molar-refractivity contribution in [2.75, 3.05) is 5.32 Å². The Bertz CT molecular complexity index is 521. The van der Waals surface area contributed by atoms with Crippen LogP contribution in [0.2, 0.25) is 0 Å². The number of hydrogen-bond acceptors (Lipinski definition) is 4. The lowest BCUT2D eigenvalue weighted by molar-refractivity contribution is -0.115. The van der Waals surface area contributed by atoms with E-state index in [2.05, 4.69) is 30.7 Å². The zero-order valence-electron chi connectivity index (χ0n) is 9.96. The summed E-state index contributed by atoms with van der Waals surface area (Å²) in [4.78, 5) is 15.7. The summed E-state index contributed by atoms with van der Waals surface area (Å²) in [5.74, 6) is 0.805. The molecule has 2 aromatic heterocycles. The molecule has 17 heavy (non-hydrogen) atoms. The Kier molecular flexibility index (Phi) is 2.90. The van der Waals surface area contributed by atoms with Gasteiger partial charge in [0.1, 0.15) is 5.82 Å². The molecule has 7 heteroatoms. The van der Waals surface area contributed by atoms with Gasteiger partial charge in [-0.15, -0.1) is 5.10 Å². The number of rotatable bonds is 3. The monoisotopic (exact) mass is 234 g/mol. The third-order valence-corrected chi connectivity index (χ3v) is 2.47. The van der Waals surface area contributed by atoms with Gasteiger partial charge in [-0.2, -0.15) is 10.1 Å². The number of aryl methyl sites for hydroxylation is 3. The summed E-state index contributed by atoms with van der Waals surface area (Å²) in [6.07, 6.45) is 0.266. The Morgan fingerprint density at radius 3 is 2.53 bits per heavy atom. The number of H-pyrrole nitrogens is 2. The van der Waals surface area contributed by atoms with Gasteiger partial charge in [0.25, 0.3) is 0 Å². The lowest BCUT2D eigenvalue weighted by atomic mass is 10.1. The normalized spacial score (nSPS) is 10.5. The SMILES string of the molecule is Cc1nc(NC(=O)Cc2c(C)n[nH]c2C)n[nH]1. The molecule has 0 aliphatic heterocycles. The highest BCUT2D eigenvalue weighted by Gasteiger charge is 2.12. The summed E-state index contributed by atoms with van der Waals surface area (Å²) in [7, 11) is 0. The number of aromatic nitrogens is 5. The van der Waals surface area contributed by atoms with Crippen molar-refractivity contribution in [1.82, 2.24) is 25.4 Å². The fraction of sp³-hybridized carbons (Fsp3) is 0.400. The van der Waals surface area contributed by atoms with E-state index in [0.29, 0.717) is 11.8 Å². The van der Waals surface area contributed by atoms with Crippen LogP contribution in [0.25, 0.3) is 0 Å². The van der Waals surface area contributed by atoms with Crippen molar-refractivity contribution in [3.63, 3.8) is 0 Å². The van der Waals surface area contributed by atoms with Gasteiger partial charge < -0.3 is 0 Å². The van der Waals surface area contributed by atoms with Gasteiger partial charge in [-0.3, -0.25) is 20.3 Å². The molecule has 0 radical (unpaired) electrons. The van der Waals surface area contributed by atoms with E-state index in [1.807, 2.05) is 13.8 Å². The van der Waals surface area contributed by atoms with Crippen LogP contribution < -0.4 is 5.32 Å². The number of anilines is 1. The molecule has 2 heterocycles. The Morgan fingerprint density at radius 2 is 2.00 bits per heavy atom. The largest absolute Gasteiger partial charge is 0.293 e.